The van der Waals surface area contributed by atoms with Gasteiger partial charge >= 0.3 is 0 Å². The maximum absolute atomic E-state index is 5.70. The highest BCUT2D eigenvalue weighted by Crippen LogP contribution is 2.19. The van der Waals surface area contributed by atoms with Crippen LogP contribution in [-0.4, -0.2) is 24.3 Å². The predicted molar refractivity (Wildman–Crippen MR) is 70.2 cm³/mol. The molecule has 1 unspecified atom stereocenters. The van der Waals surface area contributed by atoms with Gasteiger partial charge in [-0.25, -0.2) is 4.98 Å². The van der Waals surface area contributed by atoms with Crippen molar-refractivity contribution in [1.82, 2.24) is 4.98 Å². The van der Waals surface area contributed by atoms with Crippen LogP contribution in [0.1, 0.15) is 5.56 Å². The maximum atomic E-state index is 5.70. The molecule has 98 valence electrons. The number of hydrogen-bond donors (Lipinski definition) is 0. The van der Waals surface area contributed by atoms with E-state index in [-0.39, 0.29) is 6.10 Å². The normalized spacial score (nSPS) is 16.9. The van der Waals surface area contributed by atoms with Gasteiger partial charge in [-0.2, -0.15) is 0 Å². The summed E-state index contributed by atoms with van der Waals surface area (Å²) < 4.78 is 16.3. The minimum Gasteiger partial charge on any atom is -0.489 e. The lowest BCUT2D eigenvalue weighted by Crippen LogP contribution is -2.05. The molecule has 1 aromatic heterocycles. The summed E-state index contributed by atoms with van der Waals surface area (Å²) in [7, 11) is 0. The van der Waals surface area contributed by atoms with Gasteiger partial charge in [-0.15, -0.1) is 0 Å². The van der Waals surface area contributed by atoms with Crippen LogP contribution in [0.3, 0.4) is 0 Å². The number of aromatic nitrogens is 1. The van der Waals surface area contributed by atoms with Crippen molar-refractivity contribution in [3.8, 4) is 11.6 Å². The first-order valence-corrected chi connectivity index (χ1v) is 6.27. The first kappa shape index (κ1) is 12.0. The van der Waals surface area contributed by atoms with Gasteiger partial charge in [0, 0.05) is 12.3 Å². The molecule has 1 saturated heterocycles. The topological polar surface area (TPSA) is 43.9 Å². The van der Waals surface area contributed by atoms with Gasteiger partial charge in [0.25, 0.3) is 0 Å². The molecule has 1 aliphatic heterocycles. The molecule has 3 rings (SSSR count). The first-order valence-electron chi connectivity index (χ1n) is 6.27. The molecule has 0 bridgehead atoms. The molecular formula is C15H15NO3. The lowest BCUT2D eigenvalue weighted by molar-refractivity contribution is 0.251. The first-order chi connectivity index (χ1) is 9.40. The van der Waals surface area contributed by atoms with E-state index in [1.54, 1.807) is 12.3 Å². The summed E-state index contributed by atoms with van der Waals surface area (Å²) >= 11 is 0. The molecular weight excluding hydrogens is 242 g/mol. The van der Waals surface area contributed by atoms with E-state index in [9.17, 15) is 0 Å². The highest BCUT2D eigenvalue weighted by Gasteiger charge is 2.23. The number of epoxide rings is 1. The Hall–Kier alpha value is -2.07. The molecule has 2 heterocycles. The molecule has 19 heavy (non-hydrogen) atoms. The van der Waals surface area contributed by atoms with Gasteiger partial charge in [-0.05, 0) is 11.6 Å². The lowest BCUT2D eigenvalue weighted by atomic mass is 10.2. The van der Waals surface area contributed by atoms with E-state index < -0.39 is 0 Å². The largest absolute Gasteiger partial charge is 0.489 e. The molecule has 4 nitrogen and oxygen atoms in total. The Balaban J connectivity index is 1.56. The Morgan fingerprint density at radius 3 is 2.79 bits per heavy atom. The van der Waals surface area contributed by atoms with Crippen molar-refractivity contribution in [3.63, 3.8) is 0 Å². The molecule has 2 aromatic rings. The van der Waals surface area contributed by atoms with E-state index in [2.05, 4.69) is 4.98 Å². The van der Waals surface area contributed by atoms with Gasteiger partial charge in [0.05, 0.1) is 6.61 Å². The summed E-state index contributed by atoms with van der Waals surface area (Å²) in [5.41, 5.74) is 1.13. The Morgan fingerprint density at radius 2 is 2.00 bits per heavy atom. The van der Waals surface area contributed by atoms with Crippen LogP contribution in [0, 0.1) is 0 Å². The van der Waals surface area contributed by atoms with Crippen LogP contribution in [-0.2, 0) is 11.3 Å². The average molecular weight is 257 g/mol. The van der Waals surface area contributed by atoms with Crippen molar-refractivity contribution in [3.05, 3.63) is 54.2 Å². The molecule has 0 saturated carbocycles. The van der Waals surface area contributed by atoms with E-state index in [0.29, 0.717) is 19.1 Å². The van der Waals surface area contributed by atoms with Crippen molar-refractivity contribution >= 4 is 0 Å². The lowest BCUT2D eigenvalue weighted by Gasteiger charge is -2.08. The van der Waals surface area contributed by atoms with E-state index in [1.807, 2.05) is 36.4 Å². The van der Waals surface area contributed by atoms with Gasteiger partial charge in [-0.1, -0.05) is 30.3 Å². The summed E-state index contributed by atoms with van der Waals surface area (Å²) in [5, 5.41) is 0. The molecule has 0 radical (unpaired) electrons. The quantitative estimate of drug-likeness (QED) is 0.745. The monoisotopic (exact) mass is 257 g/mol. The van der Waals surface area contributed by atoms with Crippen LogP contribution in [0.25, 0.3) is 0 Å². The number of benzene rings is 1. The van der Waals surface area contributed by atoms with Crippen molar-refractivity contribution in [2.45, 2.75) is 12.7 Å². The van der Waals surface area contributed by atoms with E-state index in [0.717, 1.165) is 17.9 Å². The van der Waals surface area contributed by atoms with Crippen LogP contribution in [0.15, 0.2) is 48.7 Å². The Bertz CT molecular complexity index is 526. The smallest absolute Gasteiger partial charge is 0.217 e. The predicted octanol–water partition coefficient (Wildman–Crippen LogP) is 2.44. The minimum atomic E-state index is 0.232. The van der Waals surface area contributed by atoms with Crippen molar-refractivity contribution in [1.29, 1.82) is 0 Å². The van der Waals surface area contributed by atoms with E-state index in [4.69, 9.17) is 14.2 Å². The molecule has 1 aliphatic rings. The summed E-state index contributed by atoms with van der Waals surface area (Å²) in [5.74, 6) is 1.33. The highest BCUT2D eigenvalue weighted by molar-refractivity contribution is 5.26. The van der Waals surface area contributed by atoms with E-state index >= 15 is 0 Å². The third-order valence-electron chi connectivity index (χ3n) is 2.77. The molecule has 0 amide bonds. The van der Waals surface area contributed by atoms with Gasteiger partial charge in [-0.3, -0.25) is 0 Å². The number of pyridine rings is 1. The Kier molecular flexibility index (Phi) is 3.61. The minimum absolute atomic E-state index is 0.232. The molecule has 0 spiro atoms. The molecule has 0 N–H and O–H groups in total. The molecule has 4 heteroatoms. The number of hydrogen-bond acceptors (Lipinski definition) is 4. The van der Waals surface area contributed by atoms with Crippen LogP contribution < -0.4 is 9.47 Å². The zero-order valence-electron chi connectivity index (χ0n) is 10.5. The fourth-order valence-electron chi connectivity index (χ4n) is 1.64. The van der Waals surface area contributed by atoms with Crippen LogP contribution in [0.2, 0.25) is 0 Å². The Labute approximate surface area is 112 Å². The van der Waals surface area contributed by atoms with Crippen LogP contribution >= 0.6 is 0 Å². The standard InChI is InChI=1S/C15H15NO3/c1-2-4-12(5-3-1)9-17-13-6-7-16-15(8-13)19-11-14-10-18-14/h1-8,14H,9-11H2. The Morgan fingerprint density at radius 1 is 1.16 bits per heavy atom. The van der Waals surface area contributed by atoms with Crippen molar-refractivity contribution in [2.75, 3.05) is 13.2 Å². The van der Waals surface area contributed by atoms with Crippen molar-refractivity contribution < 1.29 is 14.2 Å². The van der Waals surface area contributed by atoms with Crippen molar-refractivity contribution in [2.24, 2.45) is 0 Å². The van der Waals surface area contributed by atoms with Gasteiger partial charge < -0.3 is 14.2 Å². The summed E-state index contributed by atoms with van der Waals surface area (Å²) in [6.07, 6.45) is 1.92. The highest BCUT2D eigenvalue weighted by atomic mass is 16.6. The van der Waals surface area contributed by atoms with Gasteiger partial charge in [0.2, 0.25) is 5.88 Å². The fraction of sp³-hybridized carbons (Fsp3) is 0.267. The summed E-state index contributed by atoms with van der Waals surface area (Å²) in [6, 6.07) is 13.7. The van der Waals surface area contributed by atoms with Gasteiger partial charge in [0.15, 0.2) is 0 Å². The second kappa shape index (κ2) is 5.71. The molecule has 1 fully saturated rings. The fourth-order valence-corrected chi connectivity index (χ4v) is 1.64. The third kappa shape index (κ3) is 3.69. The second-order valence-corrected chi connectivity index (χ2v) is 4.37. The molecule has 0 aliphatic carbocycles. The number of ether oxygens (including phenoxy) is 3. The molecule has 1 atom stereocenters. The van der Waals surface area contributed by atoms with E-state index in [1.165, 1.54) is 0 Å². The number of rotatable bonds is 6. The zero-order chi connectivity index (χ0) is 12.9. The summed E-state index contributed by atoms with van der Waals surface area (Å²) in [6.45, 7) is 1.87. The number of nitrogens with zero attached hydrogens (tertiary/aromatic N) is 1. The van der Waals surface area contributed by atoms with Crippen LogP contribution in [0.4, 0.5) is 0 Å². The maximum Gasteiger partial charge on any atom is 0.217 e. The SMILES string of the molecule is c1ccc(COc2ccnc(OCC3CO3)c2)cc1. The third-order valence-corrected chi connectivity index (χ3v) is 2.77. The summed E-state index contributed by atoms with van der Waals surface area (Å²) in [4.78, 5) is 4.14. The van der Waals surface area contributed by atoms with Gasteiger partial charge in [0.1, 0.15) is 25.1 Å². The van der Waals surface area contributed by atoms with Crippen LogP contribution in [0.5, 0.6) is 11.6 Å². The average Bonchev–Trinajstić information content (AvgIpc) is 3.29. The second-order valence-electron chi connectivity index (χ2n) is 4.37. The molecule has 1 aromatic carbocycles. The zero-order valence-corrected chi connectivity index (χ0v) is 10.5.